The average molecular weight is 366 g/mol. The molecule has 1 fully saturated rings. The number of ether oxygens (including phenoxy) is 2. The third kappa shape index (κ3) is 4.34. The predicted molar refractivity (Wildman–Crippen MR) is 67.4 cm³/mol. The van der Waals surface area contributed by atoms with E-state index in [2.05, 4.69) is 9.47 Å². The number of nitrogens with one attached hydrogen (secondary N) is 1. The Morgan fingerprint density at radius 2 is 2.00 bits per heavy atom. The fourth-order valence-electron chi connectivity index (χ4n) is 1.80. The van der Waals surface area contributed by atoms with Crippen molar-refractivity contribution >= 4 is 18.5 Å². The zero-order valence-electron chi connectivity index (χ0n) is 11.1. The van der Waals surface area contributed by atoms with E-state index < -0.39 is 42.9 Å². The first-order chi connectivity index (χ1) is 10.1. The predicted octanol–water partition coefficient (Wildman–Crippen LogP) is 3.76. The number of halogens is 7. The normalized spacial score (nSPS) is 20.3. The topological polar surface area (TPSA) is 47.6 Å². The van der Waals surface area contributed by atoms with Gasteiger partial charge in [-0.2, -0.15) is 17.6 Å². The van der Waals surface area contributed by atoms with E-state index in [1.165, 1.54) is 0 Å². The number of amides is 1. The minimum atomic E-state index is -4.76. The van der Waals surface area contributed by atoms with E-state index in [0.29, 0.717) is 0 Å². The van der Waals surface area contributed by atoms with Crippen molar-refractivity contribution in [2.45, 2.75) is 24.5 Å². The van der Waals surface area contributed by atoms with E-state index in [1.54, 1.807) is 0 Å². The Morgan fingerprint density at radius 3 is 2.61 bits per heavy atom. The van der Waals surface area contributed by atoms with Gasteiger partial charge in [-0.1, -0.05) is 12.1 Å². The van der Waals surface area contributed by atoms with Gasteiger partial charge in [0.15, 0.2) is 6.61 Å². The molecule has 1 heterocycles. The van der Waals surface area contributed by atoms with Crippen LogP contribution >= 0.6 is 12.4 Å². The Hall–Kier alpha value is -1.84. The molecule has 0 radical (unpaired) electrons. The Balaban J connectivity index is 0.00000264. The fourth-order valence-corrected chi connectivity index (χ4v) is 1.80. The second-order valence-electron chi connectivity index (χ2n) is 4.45. The number of carbonyl (C=O) groups is 1. The molecule has 1 aliphatic rings. The summed E-state index contributed by atoms with van der Waals surface area (Å²) in [6, 6.07) is 1.94. The Morgan fingerprint density at radius 1 is 1.35 bits per heavy atom. The summed E-state index contributed by atoms with van der Waals surface area (Å²) < 4.78 is 85.0. The lowest BCUT2D eigenvalue weighted by atomic mass is 10.00. The molecule has 130 valence electrons. The van der Waals surface area contributed by atoms with Crippen LogP contribution in [-0.4, -0.2) is 31.2 Å². The highest BCUT2D eigenvalue weighted by molar-refractivity contribution is 5.85. The largest absolute Gasteiger partial charge is 0.461 e. The van der Waals surface area contributed by atoms with Crippen LogP contribution in [-0.2, 0) is 4.74 Å². The molecule has 23 heavy (non-hydrogen) atoms. The van der Waals surface area contributed by atoms with Crippen molar-refractivity contribution in [1.29, 1.82) is 0 Å². The number of cyclic esters (lactones) is 1. The number of rotatable bonds is 4. The van der Waals surface area contributed by atoms with Crippen LogP contribution in [0.3, 0.4) is 0 Å². The van der Waals surface area contributed by atoms with Crippen molar-refractivity contribution in [2.24, 2.45) is 0 Å². The van der Waals surface area contributed by atoms with Gasteiger partial charge in [-0.15, -0.1) is 12.4 Å². The summed E-state index contributed by atoms with van der Waals surface area (Å²) in [6.07, 6.45) is -9.96. The monoisotopic (exact) mass is 365 g/mol. The number of carbonyl (C=O) groups excluding carboxylic acids is 1. The first-order valence-electron chi connectivity index (χ1n) is 5.88. The van der Waals surface area contributed by atoms with Gasteiger partial charge in [0.05, 0.1) is 0 Å². The van der Waals surface area contributed by atoms with Crippen LogP contribution in [0.4, 0.5) is 31.1 Å². The zero-order chi connectivity index (χ0) is 16.5. The number of alkyl carbamates (subject to hydrolysis) is 1. The Bertz CT molecular complexity index is 571. The molecule has 1 aromatic rings. The summed E-state index contributed by atoms with van der Waals surface area (Å²) in [5.74, 6) is -4.24. The lowest BCUT2D eigenvalue weighted by molar-refractivity contribution is -0.253. The quantitative estimate of drug-likeness (QED) is 0.826. The number of hydrogen-bond donors (Lipinski definition) is 1. The molecule has 1 atom stereocenters. The summed E-state index contributed by atoms with van der Waals surface area (Å²) in [4.78, 5) is 11.0. The number of hydrogen-bond acceptors (Lipinski definition) is 3. The van der Waals surface area contributed by atoms with Gasteiger partial charge in [-0.25, -0.2) is 13.6 Å². The van der Waals surface area contributed by atoms with E-state index >= 15 is 0 Å². The lowest BCUT2D eigenvalue weighted by Gasteiger charge is -2.32. The minimum absolute atomic E-state index is 0. The SMILES string of the molecule is Cl.O=C1N[C@H](c2cccc(OC(F)(F)C(F)F)c2)C(F)(F)CO1. The molecule has 0 aromatic heterocycles. The Kier molecular flexibility index (Phi) is 5.62. The Labute approximate surface area is 132 Å². The first-order valence-corrected chi connectivity index (χ1v) is 5.88. The molecule has 0 aliphatic carbocycles. The fraction of sp³-hybridized carbons (Fsp3) is 0.417. The molecule has 1 saturated heterocycles. The van der Waals surface area contributed by atoms with Crippen molar-refractivity contribution in [3.05, 3.63) is 29.8 Å². The van der Waals surface area contributed by atoms with Gasteiger partial charge in [0.1, 0.15) is 11.8 Å². The second kappa shape index (κ2) is 6.73. The maximum absolute atomic E-state index is 13.7. The average Bonchev–Trinajstić information content (AvgIpc) is 2.41. The molecular weight excluding hydrogens is 356 g/mol. The molecule has 1 aromatic carbocycles. The van der Waals surface area contributed by atoms with Gasteiger partial charge in [0, 0.05) is 0 Å². The molecule has 11 heteroatoms. The molecule has 0 spiro atoms. The third-order valence-corrected chi connectivity index (χ3v) is 2.78. The van der Waals surface area contributed by atoms with Crippen LogP contribution < -0.4 is 10.1 Å². The highest BCUT2D eigenvalue weighted by Gasteiger charge is 2.47. The van der Waals surface area contributed by atoms with Crippen molar-refractivity contribution < 1.29 is 40.6 Å². The lowest BCUT2D eigenvalue weighted by Crippen LogP contribution is -2.49. The van der Waals surface area contributed by atoms with Crippen molar-refractivity contribution in [1.82, 2.24) is 5.32 Å². The van der Waals surface area contributed by atoms with E-state index in [4.69, 9.17) is 0 Å². The summed E-state index contributed by atoms with van der Waals surface area (Å²) in [5, 5.41) is 1.83. The van der Waals surface area contributed by atoms with Gasteiger partial charge >= 0.3 is 24.5 Å². The van der Waals surface area contributed by atoms with Gasteiger partial charge in [0.2, 0.25) is 0 Å². The first kappa shape index (κ1) is 19.2. The second-order valence-corrected chi connectivity index (χ2v) is 4.45. The van der Waals surface area contributed by atoms with Crippen LogP contribution in [0, 0.1) is 0 Å². The molecule has 4 nitrogen and oxygen atoms in total. The van der Waals surface area contributed by atoms with Crippen LogP contribution in [0.5, 0.6) is 5.75 Å². The summed E-state index contributed by atoms with van der Waals surface area (Å²) in [6.45, 7) is -1.19. The van der Waals surface area contributed by atoms with Crippen molar-refractivity contribution in [2.75, 3.05) is 6.61 Å². The highest BCUT2D eigenvalue weighted by Crippen LogP contribution is 2.36. The van der Waals surface area contributed by atoms with E-state index in [0.717, 1.165) is 24.3 Å². The van der Waals surface area contributed by atoms with Crippen LogP contribution in [0.2, 0.25) is 0 Å². The molecule has 1 aliphatic heterocycles. The molecule has 2 rings (SSSR count). The van der Waals surface area contributed by atoms with Gasteiger partial charge < -0.3 is 14.8 Å². The van der Waals surface area contributed by atoms with Crippen LogP contribution in [0.1, 0.15) is 11.6 Å². The van der Waals surface area contributed by atoms with Crippen LogP contribution in [0.25, 0.3) is 0 Å². The highest BCUT2D eigenvalue weighted by atomic mass is 35.5. The van der Waals surface area contributed by atoms with Crippen molar-refractivity contribution in [3.8, 4) is 5.75 Å². The molecular formula is C12H10ClF6NO3. The summed E-state index contributed by atoms with van der Waals surface area (Å²) >= 11 is 0. The molecule has 0 unspecified atom stereocenters. The molecule has 0 saturated carbocycles. The molecule has 1 amide bonds. The van der Waals surface area contributed by atoms with E-state index in [-0.39, 0.29) is 18.0 Å². The summed E-state index contributed by atoms with van der Waals surface area (Å²) in [5.41, 5.74) is -0.288. The van der Waals surface area contributed by atoms with Gasteiger partial charge in [-0.05, 0) is 17.7 Å². The maximum Gasteiger partial charge on any atom is 0.461 e. The van der Waals surface area contributed by atoms with Gasteiger partial charge in [-0.3, -0.25) is 0 Å². The van der Waals surface area contributed by atoms with E-state index in [9.17, 15) is 31.1 Å². The van der Waals surface area contributed by atoms with E-state index in [1.807, 2.05) is 5.32 Å². The van der Waals surface area contributed by atoms with Crippen LogP contribution in [0.15, 0.2) is 24.3 Å². The number of benzene rings is 1. The minimum Gasteiger partial charge on any atom is -0.443 e. The summed E-state index contributed by atoms with van der Waals surface area (Å²) in [7, 11) is 0. The molecule has 0 bridgehead atoms. The molecule has 1 N–H and O–H groups in total. The van der Waals surface area contributed by atoms with Crippen molar-refractivity contribution in [3.63, 3.8) is 0 Å². The zero-order valence-corrected chi connectivity index (χ0v) is 11.9. The smallest absolute Gasteiger partial charge is 0.443 e. The van der Waals surface area contributed by atoms with Gasteiger partial charge in [0.25, 0.3) is 0 Å². The standard InChI is InChI=1S/C12H9F6NO3.ClH/c13-9(14)12(17,18)22-7-3-1-2-6(4-7)8-11(15,16)5-21-10(20)19-8;/h1-4,8-9H,5H2,(H,19,20);1H/t8-;/m1./s1. The number of alkyl halides is 6. The third-order valence-electron chi connectivity index (χ3n) is 2.78. The maximum atomic E-state index is 13.7.